The van der Waals surface area contributed by atoms with Crippen LogP contribution < -0.4 is 5.32 Å². The fourth-order valence-corrected chi connectivity index (χ4v) is 7.18. The number of carboxylic acid groups (broad SMARTS) is 1. The van der Waals surface area contributed by atoms with E-state index in [1.807, 2.05) is 36.4 Å². The minimum absolute atomic E-state index is 0.0140. The van der Waals surface area contributed by atoms with Crippen LogP contribution in [0.2, 0.25) is 0 Å². The highest BCUT2D eigenvalue weighted by molar-refractivity contribution is 5.80. The highest BCUT2D eigenvalue weighted by Crippen LogP contribution is 2.39. The zero-order valence-electron chi connectivity index (χ0n) is 27.1. The second kappa shape index (κ2) is 16.0. The predicted octanol–water partition coefficient (Wildman–Crippen LogP) is 5.43. The number of hydrogen-bond acceptors (Lipinski definition) is 7. The quantitative estimate of drug-likeness (QED) is 0.227. The van der Waals surface area contributed by atoms with E-state index in [9.17, 15) is 14.7 Å². The summed E-state index contributed by atoms with van der Waals surface area (Å²) in [6, 6.07) is 24.8. The molecule has 4 unspecified atom stereocenters. The standard InChI is InChI=1S/C38H47N3O6/c42-26-27-9-11-29(12-10-27)35-22-33(25-41-21-5-7-32(41)24-40-19-3-4-20-40)46-38(47-35)30-15-13-28(14-16-30)34-8-2-1-6-31(34)23-39-36(43)17-18-37(44)45/h1-2,6,8-16,32-33,35,38,42H,3-5,7,17-26H2,(H,39,43)(H,44,45). The third kappa shape index (κ3) is 8.86. The highest BCUT2D eigenvalue weighted by atomic mass is 16.7. The number of rotatable bonds is 13. The first-order chi connectivity index (χ1) is 22.9. The Labute approximate surface area is 277 Å². The molecule has 250 valence electrons. The van der Waals surface area contributed by atoms with Crippen LogP contribution in [0, 0.1) is 0 Å². The molecule has 0 saturated carbocycles. The van der Waals surface area contributed by atoms with Crippen molar-refractivity contribution in [1.29, 1.82) is 0 Å². The second-order valence-corrected chi connectivity index (χ2v) is 13.1. The molecule has 0 bridgehead atoms. The van der Waals surface area contributed by atoms with Gasteiger partial charge in [-0.1, -0.05) is 72.8 Å². The lowest BCUT2D eigenvalue weighted by Gasteiger charge is -2.39. The molecule has 0 aromatic heterocycles. The molecule has 3 N–H and O–H groups in total. The van der Waals surface area contributed by atoms with Crippen molar-refractivity contribution >= 4 is 11.9 Å². The van der Waals surface area contributed by atoms with E-state index in [4.69, 9.17) is 14.6 Å². The molecule has 4 atom stereocenters. The van der Waals surface area contributed by atoms with E-state index < -0.39 is 12.3 Å². The van der Waals surface area contributed by atoms with Gasteiger partial charge in [0.1, 0.15) is 0 Å². The molecule has 3 fully saturated rings. The molecule has 3 aromatic rings. The summed E-state index contributed by atoms with van der Waals surface area (Å²) in [6.07, 6.45) is 4.99. The number of carboxylic acids is 1. The van der Waals surface area contributed by atoms with Crippen LogP contribution in [0.25, 0.3) is 11.1 Å². The highest BCUT2D eigenvalue weighted by Gasteiger charge is 2.36. The van der Waals surface area contributed by atoms with Gasteiger partial charge in [0.05, 0.1) is 25.2 Å². The van der Waals surface area contributed by atoms with Crippen LogP contribution >= 0.6 is 0 Å². The molecule has 3 saturated heterocycles. The minimum atomic E-state index is -0.985. The summed E-state index contributed by atoms with van der Waals surface area (Å²) in [7, 11) is 0. The molecule has 0 spiro atoms. The molecule has 0 radical (unpaired) electrons. The van der Waals surface area contributed by atoms with Crippen LogP contribution in [0.15, 0.2) is 72.8 Å². The molecule has 47 heavy (non-hydrogen) atoms. The summed E-state index contributed by atoms with van der Waals surface area (Å²) in [4.78, 5) is 28.2. The molecule has 3 aliphatic rings. The minimum Gasteiger partial charge on any atom is -0.481 e. The van der Waals surface area contributed by atoms with Crippen LogP contribution in [-0.4, -0.2) is 76.8 Å². The summed E-state index contributed by atoms with van der Waals surface area (Å²) in [5, 5.41) is 21.3. The van der Waals surface area contributed by atoms with E-state index in [0.717, 1.165) is 59.4 Å². The van der Waals surface area contributed by atoms with Crippen LogP contribution in [-0.2, 0) is 32.2 Å². The molecule has 6 rings (SSSR count). The van der Waals surface area contributed by atoms with Crippen molar-refractivity contribution < 1.29 is 29.3 Å². The van der Waals surface area contributed by atoms with Gasteiger partial charge in [0, 0.05) is 44.1 Å². The van der Waals surface area contributed by atoms with Crippen molar-refractivity contribution in [2.45, 2.75) is 82.6 Å². The van der Waals surface area contributed by atoms with Crippen molar-refractivity contribution in [2.75, 3.05) is 32.7 Å². The smallest absolute Gasteiger partial charge is 0.303 e. The molecule has 3 aromatic carbocycles. The van der Waals surface area contributed by atoms with Gasteiger partial charge >= 0.3 is 5.97 Å². The first-order valence-corrected chi connectivity index (χ1v) is 17.1. The molecule has 9 heteroatoms. The Kier molecular flexibility index (Phi) is 11.3. The van der Waals surface area contributed by atoms with Gasteiger partial charge < -0.3 is 29.9 Å². The lowest BCUT2D eigenvalue weighted by molar-refractivity contribution is -0.253. The van der Waals surface area contributed by atoms with Crippen molar-refractivity contribution in [1.82, 2.24) is 15.1 Å². The number of amides is 1. The zero-order valence-corrected chi connectivity index (χ0v) is 27.1. The van der Waals surface area contributed by atoms with Crippen molar-refractivity contribution in [3.8, 4) is 11.1 Å². The maximum atomic E-state index is 12.2. The Morgan fingerprint density at radius 2 is 1.57 bits per heavy atom. The summed E-state index contributed by atoms with van der Waals surface area (Å²) in [5.74, 6) is -1.27. The van der Waals surface area contributed by atoms with Crippen LogP contribution in [0.5, 0.6) is 0 Å². The van der Waals surface area contributed by atoms with Gasteiger partial charge in [-0.3, -0.25) is 14.5 Å². The average Bonchev–Trinajstić information content (AvgIpc) is 3.79. The molecular formula is C38H47N3O6. The average molecular weight is 642 g/mol. The third-order valence-electron chi connectivity index (χ3n) is 9.77. The number of likely N-dealkylation sites (tertiary alicyclic amines) is 2. The van der Waals surface area contributed by atoms with Crippen molar-refractivity contribution in [3.05, 3.63) is 95.1 Å². The maximum absolute atomic E-state index is 12.2. The summed E-state index contributed by atoms with van der Waals surface area (Å²) < 4.78 is 13.4. The first-order valence-electron chi connectivity index (χ1n) is 17.1. The normalized spacial score (nSPS) is 23.6. The fourth-order valence-electron chi connectivity index (χ4n) is 7.18. The molecule has 9 nitrogen and oxygen atoms in total. The van der Waals surface area contributed by atoms with Gasteiger partial charge in [0.25, 0.3) is 0 Å². The number of ether oxygens (including phenoxy) is 2. The number of carbonyl (C=O) groups excluding carboxylic acids is 1. The molecule has 0 aliphatic carbocycles. The van der Waals surface area contributed by atoms with E-state index in [1.54, 1.807) is 0 Å². The lowest BCUT2D eigenvalue weighted by Crippen LogP contribution is -2.45. The molecule has 3 heterocycles. The van der Waals surface area contributed by atoms with Crippen molar-refractivity contribution in [3.63, 3.8) is 0 Å². The Morgan fingerprint density at radius 1 is 0.830 bits per heavy atom. The Balaban J connectivity index is 1.17. The van der Waals surface area contributed by atoms with E-state index >= 15 is 0 Å². The van der Waals surface area contributed by atoms with E-state index in [1.165, 1.54) is 38.8 Å². The number of nitrogens with one attached hydrogen (secondary N) is 1. The Bertz CT molecular complexity index is 1470. The number of aliphatic carboxylic acids is 1. The van der Waals surface area contributed by atoms with Gasteiger partial charge in [-0.05, 0) is 73.1 Å². The van der Waals surface area contributed by atoms with Crippen LogP contribution in [0.1, 0.15) is 79.6 Å². The SMILES string of the molecule is O=C(O)CCC(=O)NCc1ccccc1-c1ccc(C2OC(CN3CCCC3CN3CCCC3)CC(c3ccc(CO)cc3)O2)cc1. The largest absolute Gasteiger partial charge is 0.481 e. The molecule has 1 amide bonds. The van der Waals surface area contributed by atoms with Gasteiger partial charge in [-0.15, -0.1) is 0 Å². The number of benzene rings is 3. The summed E-state index contributed by atoms with van der Waals surface area (Å²) in [5.41, 5.74) is 5.88. The number of nitrogens with zero attached hydrogens (tertiary/aromatic N) is 2. The first kappa shape index (κ1) is 33.3. The fraction of sp³-hybridized carbons (Fsp3) is 0.474. The second-order valence-electron chi connectivity index (χ2n) is 13.1. The third-order valence-corrected chi connectivity index (χ3v) is 9.77. The predicted molar refractivity (Wildman–Crippen MR) is 179 cm³/mol. The zero-order chi connectivity index (χ0) is 32.6. The van der Waals surface area contributed by atoms with E-state index in [-0.39, 0.29) is 37.6 Å². The van der Waals surface area contributed by atoms with Crippen LogP contribution in [0.4, 0.5) is 0 Å². The topological polar surface area (TPSA) is 112 Å². The van der Waals surface area contributed by atoms with Gasteiger partial charge in [0.2, 0.25) is 5.91 Å². The van der Waals surface area contributed by atoms with Crippen molar-refractivity contribution in [2.24, 2.45) is 0 Å². The van der Waals surface area contributed by atoms with Gasteiger partial charge in [-0.25, -0.2) is 0 Å². The number of hydrogen-bond donors (Lipinski definition) is 3. The summed E-state index contributed by atoms with van der Waals surface area (Å²) in [6.45, 7) is 5.90. The van der Waals surface area contributed by atoms with E-state index in [0.29, 0.717) is 12.6 Å². The maximum Gasteiger partial charge on any atom is 0.303 e. The van der Waals surface area contributed by atoms with Gasteiger partial charge in [-0.2, -0.15) is 0 Å². The van der Waals surface area contributed by atoms with Crippen LogP contribution in [0.3, 0.4) is 0 Å². The molecular weight excluding hydrogens is 594 g/mol. The molecule has 3 aliphatic heterocycles. The number of aliphatic hydroxyl groups is 1. The number of aliphatic hydroxyl groups excluding tert-OH is 1. The number of carbonyl (C=O) groups is 2. The monoisotopic (exact) mass is 641 g/mol. The Morgan fingerprint density at radius 3 is 2.32 bits per heavy atom. The van der Waals surface area contributed by atoms with Gasteiger partial charge in [0.15, 0.2) is 6.29 Å². The summed E-state index contributed by atoms with van der Waals surface area (Å²) >= 11 is 0. The lowest BCUT2D eigenvalue weighted by atomic mass is 9.97. The van der Waals surface area contributed by atoms with E-state index in [2.05, 4.69) is 51.5 Å². The Hall–Kier alpha value is -3.60.